The molecule has 2 heteroatoms. The molecule has 0 bridgehead atoms. The van der Waals surface area contributed by atoms with Crippen LogP contribution >= 0.6 is 7.14 Å². The molecule has 0 aromatic heterocycles. The van der Waals surface area contributed by atoms with Gasteiger partial charge < -0.3 is 4.57 Å². The second-order valence-corrected chi connectivity index (χ2v) is 10.6. The maximum Gasteiger partial charge on any atom is 0.144 e. The maximum atomic E-state index is 14.5. The van der Waals surface area contributed by atoms with E-state index in [0.717, 1.165) is 23.2 Å². The van der Waals surface area contributed by atoms with Crippen molar-refractivity contribution in [2.45, 2.75) is 20.3 Å². The van der Waals surface area contributed by atoms with E-state index in [1.54, 1.807) is 0 Å². The van der Waals surface area contributed by atoms with Gasteiger partial charge in [-0.3, -0.25) is 0 Å². The fraction of sp³-hybridized carbons (Fsp3) is 0.200. The molecule has 1 nitrogen and oxygen atoms in total. The molecular weight excluding hydrogens is 347 g/mol. The molecule has 0 aliphatic carbocycles. The molecular formula is C25H23OP. The van der Waals surface area contributed by atoms with E-state index in [1.165, 1.54) is 32.7 Å². The predicted octanol–water partition coefficient (Wildman–Crippen LogP) is 6.33. The summed E-state index contributed by atoms with van der Waals surface area (Å²) < 4.78 is 14.5. The van der Waals surface area contributed by atoms with Crippen LogP contribution in [0.1, 0.15) is 20.3 Å². The van der Waals surface area contributed by atoms with E-state index in [0.29, 0.717) is 5.92 Å². The average Bonchev–Trinajstić information content (AvgIpc) is 2.97. The van der Waals surface area contributed by atoms with Crippen molar-refractivity contribution in [2.75, 3.05) is 6.16 Å². The first-order valence-electron chi connectivity index (χ1n) is 9.77. The summed E-state index contributed by atoms with van der Waals surface area (Å²) in [6.07, 6.45) is 1.80. The number of hydrogen-bond acceptors (Lipinski definition) is 1. The van der Waals surface area contributed by atoms with E-state index in [9.17, 15) is 4.57 Å². The molecule has 4 aromatic carbocycles. The van der Waals surface area contributed by atoms with E-state index in [4.69, 9.17) is 0 Å². The fourth-order valence-electron chi connectivity index (χ4n) is 4.54. The van der Waals surface area contributed by atoms with Gasteiger partial charge in [0.05, 0.1) is 0 Å². The van der Waals surface area contributed by atoms with Crippen LogP contribution in [-0.2, 0) is 4.57 Å². The highest BCUT2D eigenvalue weighted by molar-refractivity contribution is 7.80. The monoisotopic (exact) mass is 370 g/mol. The molecule has 0 saturated heterocycles. The van der Waals surface area contributed by atoms with Gasteiger partial charge in [0.15, 0.2) is 0 Å². The van der Waals surface area contributed by atoms with Crippen molar-refractivity contribution in [3.63, 3.8) is 0 Å². The third-order valence-corrected chi connectivity index (χ3v) is 9.55. The Labute approximate surface area is 160 Å². The molecule has 4 aromatic rings. The van der Waals surface area contributed by atoms with E-state index >= 15 is 0 Å². The van der Waals surface area contributed by atoms with E-state index < -0.39 is 7.14 Å². The molecule has 1 atom stereocenters. The molecule has 134 valence electrons. The second kappa shape index (κ2) is 6.08. The lowest BCUT2D eigenvalue weighted by atomic mass is 9.94. The number of benzene rings is 4. The molecule has 0 spiro atoms. The highest BCUT2D eigenvalue weighted by atomic mass is 31.2. The zero-order chi connectivity index (χ0) is 18.6. The number of rotatable bonds is 3. The van der Waals surface area contributed by atoms with Gasteiger partial charge in [-0.05, 0) is 39.6 Å². The van der Waals surface area contributed by atoms with E-state index in [1.807, 2.05) is 0 Å². The Morgan fingerprint density at radius 3 is 1.70 bits per heavy atom. The molecule has 1 heterocycles. The Balaban J connectivity index is 1.95. The quantitative estimate of drug-likeness (QED) is 0.385. The first-order chi connectivity index (χ1) is 13.1. The summed E-state index contributed by atoms with van der Waals surface area (Å²) in [5.41, 5.74) is 2.40. The average molecular weight is 370 g/mol. The molecule has 0 N–H and O–H groups in total. The van der Waals surface area contributed by atoms with Gasteiger partial charge in [0, 0.05) is 27.9 Å². The molecule has 0 fully saturated rings. The third kappa shape index (κ3) is 2.35. The van der Waals surface area contributed by atoms with Crippen molar-refractivity contribution in [3.05, 3.63) is 72.8 Å². The maximum absolute atomic E-state index is 14.5. The van der Waals surface area contributed by atoms with Gasteiger partial charge in [-0.2, -0.15) is 0 Å². The topological polar surface area (TPSA) is 17.1 Å². The van der Waals surface area contributed by atoms with Gasteiger partial charge in [0.1, 0.15) is 7.14 Å². The minimum absolute atomic E-state index is 0.438. The summed E-state index contributed by atoms with van der Waals surface area (Å²) in [7, 11) is -2.63. The standard InChI is InChI=1S/C25H23OP/c1-3-17(2)16-27(26)22-14-12-18-8-4-6-10-20(18)24(22)25-21-11-7-5-9-19(21)13-15-23(25)27/h4-15,17H,3,16H2,1-2H3/t17-/m0/s1. The smallest absolute Gasteiger partial charge is 0.144 e. The van der Waals surface area contributed by atoms with Crippen LogP contribution < -0.4 is 10.6 Å². The van der Waals surface area contributed by atoms with Crippen molar-refractivity contribution in [2.24, 2.45) is 5.92 Å². The first kappa shape index (κ1) is 16.8. The van der Waals surface area contributed by atoms with Crippen LogP contribution in [-0.4, -0.2) is 6.16 Å². The van der Waals surface area contributed by atoms with Crippen LogP contribution in [0.15, 0.2) is 72.8 Å². The van der Waals surface area contributed by atoms with Crippen molar-refractivity contribution in [1.29, 1.82) is 0 Å². The second-order valence-electron chi connectivity index (χ2n) is 7.80. The normalized spacial score (nSPS) is 15.6. The first-order valence-corrected chi connectivity index (χ1v) is 11.7. The summed E-state index contributed by atoms with van der Waals surface area (Å²) in [6.45, 7) is 4.41. The molecule has 0 unspecified atom stereocenters. The lowest BCUT2D eigenvalue weighted by Gasteiger charge is -2.19. The molecule has 5 rings (SSSR count). The summed E-state index contributed by atoms with van der Waals surface area (Å²) in [5, 5.41) is 6.99. The zero-order valence-corrected chi connectivity index (χ0v) is 16.7. The minimum atomic E-state index is -2.63. The third-order valence-electron chi connectivity index (χ3n) is 6.11. The van der Waals surface area contributed by atoms with Crippen molar-refractivity contribution >= 4 is 39.3 Å². The molecule has 0 amide bonds. The number of fused-ring (bicyclic) bond motifs is 7. The van der Waals surface area contributed by atoms with Crippen LogP contribution in [0.3, 0.4) is 0 Å². The Bertz CT molecular complexity index is 1150. The molecule has 1 aliphatic heterocycles. The molecule has 27 heavy (non-hydrogen) atoms. The highest BCUT2D eigenvalue weighted by Gasteiger charge is 2.40. The number of hydrogen-bond donors (Lipinski definition) is 0. The summed E-state index contributed by atoms with van der Waals surface area (Å²) in [5.74, 6) is 0.438. The van der Waals surface area contributed by atoms with Gasteiger partial charge in [-0.25, -0.2) is 0 Å². The van der Waals surface area contributed by atoms with Crippen LogP contribution in [0.25, 0.3) is 32.7 Å². The van der Waals surface area contributed by atoms with E-state index in [-0.39, 0.29) is 0 Å². The lowest BCUT2D eigenvalue weighted by Crippen LogP contribution is -2.16. The van der Waals surface area contributed by atoms with E-state index in [2.05, 4.69) is 86.6 Å². The van der Waals surface area contributed by atoms with Crippen molar-refractivity contribution < 1.29 is 4.57 Å². The molecule has 0 radical (unpaired) electrons. The Kier molecular flexibility index (Phi) is 3.78. The fourth-order valence-corrected chi connectivity index (χ4v) is 8.15. The van der Waals surface area contributed by atoms with Gasteiger partial charge in [-0.1, -0.05) is 80.9 Å². The molecule has 0 saturated carbocycles. The summed E-state index contributed by atoms with van der Waals surface area (Å²) >= 11 is 0. The largest absolute Gasteiger partial charge is 0.314 e. The SMILES string of the molecule is CC[C@H](C)CP1(=O)c2ccc3ccccc3c2-c2c1ccc1ccccc21. The van der Waals surface area contributed by atoms with Gasteiger partial charge in [0.25, 0.3) is 0 Å². The van der Waals surface area contributed by atoms with Gasteiger partial charge in [-0.15, -0.1) is 0 Å². The van der Waals surface area contributed by atoms with Crippen LogP contribution in [0.5, 0.6) is 0 Å². The zero-order valence-electron chi connectivity index (χ0n) is 15.8. The predicted molar refractivity (Wildman–Crippen MR) is 118 cm³/mol. The van der Waals surface area contributed by atoms with Crippen molar-refractivity contribution in [3.8, 4) is 11.1 Å². The van der Waals surface area contributed by atoms with Crippen molar-refractivity contribution in [1.82, 2.24) is 0 Å². The Hall–Kier alpha value is -2.37. The lowest BCUT2D eigenvalue weighted by molar-refractivity contribution is 0.566. The van der Waals surface area contributed by atoms with Gasteiger partial charge >= 0.3 is 0 Å². The van der Waals surface area contributed by atoms with Crippen LogP contribution in [0.4, 0.5) is 0 Å². The summed E-state index contributed by atoms with van der Waals surface area (Å²) in [4.78, 5) is 0. The minimum Gasteiger partial charge on any atom is -0.314 e. The molecule has 1 aliphatic rings. The highest BCUT2D eigenvalue weighted by Crippen LogP contribution is 2.57. The summed E-state index contributed by atoms with van der Waals surface area (Å²) in [6, 6.07) is 25.5. The van der Waals surface area contributed by atoms with Crippen LogP contribution in [0, 0.1) is 5.92 Å². The Morgan fingerprint density at radius 2 is 1.22 bits per heavy atom. The van der Waals surface area contributed by atoms with Gasteiger partial charge in [0.2, 0.25) is 0 Å². The Morgan fingerprint density at radius 1 is 0.741 bits per heavy atom. The van der Waals surface area contributed by atoms with Crippen LogP contribution in [0.2, 0.25) is 0 Å².